The predicted molar refractivity (Wildman–Crippen MR) is 66.7 cm³/mol. The summed E-state index contributed by atoms with van der Waals surface area (Å²) in [5, 5.41) is 8.50. The Morgan fingerprint density at radius 1 is 1.44 bits per heavy atom. The van der Waals surface area contributed by atoms with E-state index >= 15 is 0 Å². The Hall–Kier alpha value is -2.17. The fraction of sp³-hybridized carbons (Fsp3) is 0.308. The van der Waals surface area contributed by atoms with E-state index in [1.165, 1.54) is 0 Å². The number of aromatic nitrogens is 1. The number of amides is 1. The molecule has 1 heterocycles. The number of pyridine rings is 1. The van der Waals surface area contributed by atoms with Gasteiger partial charge in [-0.1, -0.05) is 6.07 Å². The number of aliphatic carboxylic acids is 1. The second kappa shape index (κ2) is 6.54. The number of rotatable bonds is 5. The zero-order valence-corrected chi connectivity index (χ0v) is 10.4. The minimum atomic E-state index is -1.13. The van der Waals surface area contributed by atoms with Crippen molar-refractivity contribution in [2.24, 2.45) is 0 Å². The lowest BCUT2D eigenvalue weighted by molar-refractivity contribution is -0.132. The molecule has 0 unspecified atom stereocenters. The molecule has 1 aromatic rings. The van der Waals surface area contributed by atoms with E-state index in [1.54, 1.807) is 23.4 Å². The van der Waals surface area contributed by atoms with Gasteiger partial charge in [0.25, 0.3) is 0 Å². The van der Waals surface area contributed by atoms with Crippen LogP contribution in [0, 0.1) is 0 Å². The van der Waals surface area contributed by atoms with Gasteiger partial charge in [-0.05, 0) is 25.5 Å². The number of nitrogens with zero attached hydrogens (tertiary/aromatic N) is 2. The van der Waals surface area contributed by atoms with Crippen LogP contribution in [0.15, 0.2) is 36.7 Å². The minimum Gasteiger partial charge on any atom is -0.478 e. The fourth-order valence-corrected chi connectivity index (χ4v) is 1.44. The summed E-state index contributed by atoms with van der Waals surface area (Å²) in [6.45, 7) is 4.17. The number of carboxylic acids is 1. The van der Waals surface area contributed by atoms with Crippen molar-refractivity contribution in [2.75, 3.05) is 0 Å². The Morgan fingerprint density at radius 3 is 2.67 bits per heavy atom. The van der Waals surface area contributed by atoms with Crippen LogP contribution in [-0.2, 0) is 16.1 Å². The normalized spacial score (nSPS) is 10.8. The molecular weight excluding hydrogens is 232 g/mol. The third-order valence-electron chi connectivity index (χ3n) is 2.35. The van der Waals surface area contributed by atoms with E-state index in [-0.39, 0.29) is 11.9 Å². The number of carbonyl (C=O) groups is 2. The first kappa shape index (κ1) is 13.9. The first-order valence-corrected chi connectivity index (χ1v) is 5.61. The molecule has 0 saturated carbocycles. The average Bonchev–Trinajstić information content (AvgIpc) is 2.34. The molecule has 0 spiro atoms. The van der Waals surface area contributed by atoms with Crippen LogP contribution in [0.4, 0.5) is 0 Å². The molecule has 0 bridgehead atoms. The molecule has 0 aliphatic carbocycles. The number of carboxylic acid groups (broad SMARTS) is 1. The molecular formula is C13H16N2O3. The summed E-state index contributed by atoms with van der Waals surface area (Å²) >= 11 is 0. The molecule has 1 N–H and O–H groups in total. The molecule has 96 valence electrons. The molecule has 0 aliphatic rings. The maximum absolute atomic E-state index is 11.8. The monoisotopic (exact) mass is 248 g/mol. The molecule has 1 aromatic heterocycles. The van der Waals surface area contributed by atoms with E-state index in [1.807, 2.05) is 19.9 Å². The highest BCUT2D eigenvalue weighted by atomic mass is 16.4. The molecule has 1 rings (SSSR count). The fourth-order valence-electron chi connectivity index (χ4n) is 1.44. The van der Waals surface area contributed by atoms with Crippen LogP contribution in [-0.4, -0.2) is 32.9 Å². The Morgan fingerprint density at radius 2 is 2.17 bits per heavy atom. The molecule has 5 heteroatoms. The van der Waals surface area contributed by atoms with Crippen molar-refractivity contribution >= 4 is 11.9 Å². The second-order valence-electron chi connectivity index (χ2n) is 4.09. The maximum atomic E-state index is 11.8. The highest BCUT2D eigenvalue weighted by molar-refractivity contribution is 5.94. The van der Waals surface area contributed by atoms with E-state index in [0.717, 1.165) is 17.7 Å². The number of hydrogen-bond donors (Lipinski definition) is 1. The van der Waals surface area contributed by atoms with Gasteiger partial charge in [0.1, 0.15) is 0 Å². The van der Waals surface area contributed by atoms with E-state index < -0.39 is 5.97 Å². The lowest BCUT2D eigenvalue weighted by Gasteiger charge is -2.25. The lowest BCUT2D eigenvalue weighted by Crippen LogP contribution is -2.35. The summed E-state index contributed by atoms with van der Waals surface area (Å²) in [6.07, 6.45) is 5.26. The highest BCUT2D eigenvalue weighted by Gasteiger charge is 2.15. The second-order valence-corrected chi connectivity index (χ2v) is 4.09. The zero-order valence-electron chi connectivity index (χ0n) is 10.4. The molecule has 5 nitrogen and oxygen atoms in total. The Labute approximate surface area is 106 Å². The minimum absolute atomic E-state index is 0.0175. The molecule has 18 heavy (non-hydrogen) atoms. The Balaban J connectivity index is 2.77. The lowest BCUT2D eigenvalue weighted by atomic mass is 10.2. The van der Waals surface area contributed by atoms with Crippen molar-refractivity contribution in [1.82, 2.24) is 9.88 Å². The highest BCUT2D eigenvalue weighted by Crippen LogP contribution is 2.08. The number of carbonyl (C=O) groups excluding carboxylic acids is 1. The summed E-state index contributed by atoms with van der Waals surface area (Å²) in [4.78, 5) is 27.8. The Kier molecular flexibility index (Phi) is 5.05. The van der Waals surface area contributed by atoms with Gasteiger partial charge in [-0.25, -0.2) is 4.79 Å². The SMILES string of the molecule is CC(C)N(Cc1cccnc1)C(=O)/C=C/C(=O)O. The van der Waals surface area contributed by atoms with Crippen molar-refractivity contribution in [2.45, 2.75) is 26.4 Å². The summed E-state index contributed by atoms with van der Waals surface area (Å²) in [5.74, 6) is -1.45. The van der Waals surface area contributed by atoms with Crippen LogP contribution in [0.5, 0.6) is 0 Å². The zero-order chi connectivity index (χ0) is 13.5. The van der Waals surface area contributed by atoms with Crippen molar-refractivity contribution in [3.05, 3.63) is 42.2 Å². The van der Waals surface area contributed by atoms with Crippen molar-refractivity contribution in [3.8, 4) is 0 Å². The van der Waals surface area contributed by atoms with Gasteiger partial charge in [0.05, 0.1) is 0 Å². The van der Waals surface area contributed by atoms with Gasteiger partial charge in [0, 0.05) is 37.1 Å². The van der Waals surface area contributed by atoms with Crippen LogP contribution in [0.1, 0.15) is 19.4 Å². The van der Waals surface area contributed by atoms with Gasteiger partial charge in [-0.2, -0.15) is 0 Å². The van der Waals surface area contributed by atoms with E-state index in [0.29, 0.717) is 6.54 Å². The largest absolute Gasteiger partial charge is 0.478 e. The average molecular weight is 248 g/mol. The molecule has 1 amide bonds. The summed E-state index contributed by atoms with van der Waals surface area (Å²) in [7, 11) is 0. The first-order chi connectivity index (χ1) is 8.50. The van der Waals surface area contributed by atoms with Crippen molar-refractivity contribution in [3.63, 3.8) is 0 Å². The predicted octanol–water partition coefficient (Wildman–Crippen LogP) is 1.46. The van der Waals surface area contributed by atoms with Crippen molar-refractivity contribution in [1.29, 1.82) is 0 Å². The van der Waals surface area contributed by atoms with Gasteiger partial charge in [0.2, 0.25) is 5.91 Å². The van der Waals surface area contributed by atoms with Crippen molar-refractivity contribution < 1.29 is 14.7 Å². The van der Waals surface area contributed by atoms with Crippen LogP contribution < -0.4 is 0 Å². The third kappa shape index (κ3) is 4.37. The summed E-state index contributed by atoms with van der Waals surface area (Å²) in [6, 6.07) is 3.65. The topological polar surface area (TPSA) is 70.5 Å². The maximum Gasteiger partial charge on any atom is 0.328 e. The van der Waals surface area contributed by atoms with E-state index in [9.17, 15) is 9.59 Å². The van der Waals surface area contributed by atoms with Crippen LogP contribution in [0.2, 0.25) is 0 Å². The smallest absolute Gasteiger partial charge is 0.328 e. The molecule has 0 radical (unpaired) electrons. The molecule has 0 atom stereocenters. The standard InChI is InChI=1S/C13H16N2O3/c1-10(2)15(12(16)5-6-13(17)18)9-11-4-3-7-14-8-11/h3-8,10H,9H2,1-2H3,(H,17,18)/b6-5+. The quantitative estimate of drug-likeness (QED) is 0.801. The molecule has 0 aliphatic heterocycles. The number of hydrogen-bond acceptors (Lipinski definition) is 3. The molecule has 0 saturated heterocycles. The van der Waals surface area contributed by atoms with Crippen LogP contribution in [0.25, 0.3) is 0 Å². The van der Waals surface area contributed by atoms with Gasteiger partial charge in [-0.3, -0.25) is 9.78 Å². The van der Waals surface area contributed by atoms with E-state index in [4.69, 9.17) is 5.11 Å². The summed E-state index contributed by atoms with van der Waals surface area (Å²) in [5.41, 5.74) is 0.906. The van der Waals surface area contributed by atoms with Crippen LogP contribution in [0.3, 0.4) is 0 Å². The van der Waals surface area contributed by atoms with Gasteiger partial charge in [0.15, 0.2) is 0 Å². The first-order valence-electron chi connectivity index (χ1n) is 5.61. The summed E-state index contributed by atoms with van der Waals surface area (Å²) < 4.78 is 0. The van der Waals surface area contributed by atoms with E-state index in [2.05, 4.69) is 4.98 Å². The van der Waals surface area contributed by atoms with Gasteiger partial charge in [-0.15, -0.1) is 0 Å². The third-order valence-corrected chi connectivity index (χ3v) is 2.35. The molecule has 0 aromatic carbocycles. The van der Waals surface area contributed by atoms with Gasteiger partial charge >= 0.3 is 5.97 Å². The van der Waals surface area contributed by atoms with Crippen LogP contribution >= 0.6 is 0 Å². The van der Waals surface area contributed by atoms with Gasteiger partial charge < -0.3 is 10.0 Å². The molecule has 0 fully saturated rings. The Bertz CT molecular complexity index is 441.